The zero-order valence-corrected chi connectivity index (χ0v) is 18.4. The van der Waals surface area contributed by atoms with Crippen molar-refractivity contribution in [3.05, 3.63) is 54.5 Å². The molecule has 166 valence electrons. The molecule has 5 rings (SSSR count). The van der Waals surface area contributed by atoms with E-state index in [2.05, 4.69) is 49.4 Å². The van der Waals surface area contributed by atoms with Crippen molar-refractivity contribution in [2.24, 2.45) is 7.05 Å². The molecule has 2 atom stereocenters. The summed E-state index contributed by atoms with van der Waals surface area (Å²) in [6.07, 6.45) is 7.15. The molecule has 32 heavy (non-hydrogen) atoms. The molecule has 3 N–H and O–H groups in total. The van der Waals surface area contributed by atoms with Gasteiger partial charge in [0.05, 0.1) is 17.3 Å². The predicted octanol–water partition coefficient (Wildman–Crippen LogP) is 3.30. The number of aromatic nitrogens is 5. The summed E-state index contributed by atoms with van der Waals surface area (Å²) in [6, 6.07) is 6.22. The van der Waals surface area contributed by atoms with Gasteiger partial charge in [-0.15, -0.1) is 0 Å². The summed E-state index contributed by atoms with van der Waals surface area (Å²) in [4.78, 5) is 14.1. The first-order chi connectivity index (χ1) is 15.5. The van der Waals surface area contributed by atoms with Gasteiger partial charge in [0.1, 0.15) is 17.8 Å². The lowest BCUT2D eigenvalue weighted by atomic mass is 10.1. The maximum atomic E-state index is 15.5. The monoisotopic (exact) mass is 434 g/mol. The minimum absolute atomic E-state index is 0.187. The van der Waals surface area contributed by atoms with Gasteiger partial charge < -0.3 is 20.5 Å². The first-order valence-corrected chi connectivity index (χ1v) is 10.8. The number of nitrogens with zero attached hydrogens (tertiary/aromatic N) is 5. The van der Waals surface area contributed by atoms with Crippen LogP contribution in [-0.2, 0) is 13.6 Å². The second-order valence-corrected chi connectivity index (χ2v) is 8.53. The molecule has 0 radical (unpaired) electrons. The first-order valence-electron chi connectivity index (χ1n) is 10.8. The highest BCUT2D eigenvalue weighted by Crippen LogP contribution is 2.32. The van der Waals surface area contributed by atoms with Gasteiger partial charge in [-0.1, -0.05) is 12.1 Å². The van der Waals surface area contributed by atoms with Crippen molar-refractivity contribution in [2.45, 2.75) is 32.5 Å². The molecule has 1 aliphatic rings. The van der Waals surface area contributed by atoms with E-state index >= 15 is 4.39 Å². The number of rotatable bonds is 5. The lowest BCUT2D eigenvalue weighted by Crippen LogP contribution is -2.54. The van der Waals surface area contributed by atoms with Crippen LogP contribution in [0.15, 0.2) is 43.1 Å². The second kappa shape index (κ2) is 8.23. The number of piperazine rings is 1. The Balaban J connectivity index is 1.42. The molecule has 1 saturated heterocycles. The topological polar surface area (TPSA) is 86.7 Å². The normalized spacial score (nSPS) is 18.9. The average molecular weight is 435 g/mol. The molecule has 1 aromatic carbocycles. The minimum atomic E-state index is -0.187. The quantitative estimate of drug-likeness (QED) is 0.447. The Kier molecular flexibility index (Phi) is 5.26. The Morgan fingerprint density at radius 3 is 2.75 bits per heavy atom. The van der Waals surface area contributed by atoms with Gasteiger partial charge in [-0.25, -0.2) is 14.4 Å². The van der Waals surface area contributed by atoms with Gasteiger partial charge in [0.15, 0.2) is 5.82 Å². The molecule has 3 aromatic heterocycles. The van der Waals surface area contributed by atoms with Crippen LogP contribution in [0.2, 0.25) is 0 Å². The van der Waals surface area contributed by atoms with Crippen LogP contribution in [0.1, 0.15) is 19.4 Å². The Morgan fingerprint density at radius 1 is 1.19 bits per heavy atom. The van der Waals surface area contributed by atoms with Gasteiger partial charge in [0.2, 0.25) is 0 Å². The van der Waals surface area contributed by atoms with Crippen molar-refractivity contribution in [1.82, 2.24) is 30.0 Å². The van der Waals surface area contributed by atoms with Gasteiger partial charge in [0, 0.05) is 67.8 Å². The molecule has 8 nitrogen and oxygen atoms in total. The zero-order valence-electron chi connectivity index (χ0n) is 18.4. The van der Waals surface area contributed by atoms with Crippen molar-refractivity contribution in [3.8, 4) is 11.1 Å². The number of halogens is 1. The van der Waals surface area contributed by atoms with E-state index in [-0.39, 0.29) is 5.82 Å². The van der Waals surface area contributed by atoms with Crippen LogP contribution < -0.4 is 15.5 Å². The number of hydrogen-bond acceptors (Lipinski definition) is 6. The second-order valence-electron chi connectivity index (χ2n) is 8.53. The predicted molar refractivity (Wildman–Crippen MR) is 124 cm³/mol. The Hall–Kier alpha value is -3.46. The molecule has 0 unspecified atom stereocenters. The van der Waals surface area contributed by atoms with Crippen molar-refractivity contribution in [3.63, 3.8) is 0 Å². The van der Waals surface area contributed by atoms with E-state index in [1.165, 1.54) is 6.33 Å². The summed E-state index contributed by atoms with van der Waals surface area (Å²) in [5.74, 6) is 0.470. The van der Waals surface area contributed by atoms with Gasteiger partial charge in [-0.2, -0.15) is 5.10 Å². The third kappa shape index (κ3) is 3.80. The summed E-state index contributed by atoms with van der Waals surface area (Å²) < 4.78 is 17.2. The van der Waals surface area contributed by atoms with Crippen LogP contribution in [0, 0.1) is 5.82 Å². The summed E-state index contributed by atoms with van der Waals surface area (Å²) in [6.45, 7) is 6.14. The van der Waals surface area contributed by atoms with Crippen molar-refractivity contribution < 1.29 is 4.39 Å². The fourth-order valence-corrected chi connectivity index (χ4v) is 4.53. The minimum Gasteiger partial charge on any atom is -0.366 e. The van der Waals surface area contributed by atoms with Crippen LogP contribution >= 0.6 is 0 Å². The van der Waals surface area contributed by atoms with Crippen molar-refractivity contribution in [1.29, 1.82) is 0 Å². The fraction of sp³-hybridized carbons (Fsp3) is 0.348. The number of anilines is 2. The highest BCUT2D eigenvalue weighted by Gasteiger charge is 2.24. The van der Waals surface area contributed by atoms with E-state index in [0.29, 0.717) is 35.7 Å². The van der Waals surface area contributed by atoms with Crippen LogP contribution in [0.5, 0.6) is 0 Å². The van der Waals surface area contributed by atoms with Crippen LogP contribution in [0.3, 0.4) is 0 Å². The first kappa shape index (κ1) is 20.4. The van der Waals surface area contributed by atoms with Crippen LogP contribution in [0.4, 0.5) is 15.9 Å². The van der Waals surface area contributed by atoms with E-state index in [0.717, 1.165) is 35.2 Å². The lowest BCUT2D eigenvalue weighted by molar-refractivity contribution is 0.403. The lowest BCUT2D eigenvalue weighted by Gasteiger charge is -2.38. The van der Waals surface area contributed by atoms with E-state index in [1.54, 1.807) is 10.9 Å². The third-order valence-electron chi connectivity index (χ3n) is 5.89. The number of aryl methyl sites for hydroxylation is 1. The number of aromatic amines is 1. The molecule has 0 amide bonds. The maximum absolute atomic E-state index is 15.5. The molecule has 4 aromatic rings. The highest BCUT2D eigenvalue weighted by atomic mass is 19.1. The van der Waals surface area contributed by atoms with Crippen molar-refractivity contribution in [2.75, 3.05) is 23.3 Å². The molecule has 1 fully saturated rings. The fourth-order valence-electron chi connectivity index (χ4n) is 4.53. The SMILES string of the molecule is C[C@@H]1CN(c2cccc(CNc3ncnc4[nH]cc(-c5cnn(C)c5)c34)c2F)C[C@H](C)N1. The van der Waals surface area contributed by atoms with Crippen LogP contribution in [0.25, 0.3) is 22.2 Å². The highest BCUT2D eigenvalue weighted by molar-refractivity contribution is 6.00. The Morgan fingerprint density at radius 2 is 2.00 bits per heavy atom. The maximum Gasteiger partial charge on any atom is 0.151 e. The van der Waals surface area contributed by atoms with Gasteiger partial charge >= 0.3 is 0 Å². The number of nitrogens with one attached hydrogen (secondary N) is 3. The molecule has 0 spiro atoms. The molecule has 9 heteroatoms. The zero-order chi connectivity index (χ0) is 22.2. The molecule has 0 saturated carbocycles. The van der Waals surface area contributed by atoms with E-state index in [9.17, 15) is 0 Å². The number of fused-ring (bicyclic) bond motifs is 1. The van der Waals surface area contributed by atoms with Gasteiger partial charge in [0.25, 0.3) is 0 Å². The largest absolute Gasteiger partial charge is 0.366 e. The number of H-pyrrole nitrogens is 1. The van der Waals surface area contributed by atoms with E-state index in [1.807, 2.05) is 37.6 Å². The van der Waals surface area contributed by atoms with Crippen molar-refractivity contribution >= 4 is 22.5 Å². The standard InChI is InChI=1S/C23H27FN8/c1-14-10-32(11-15(2)30-14)19-6-4-5-16(21(19)24)7-25-22-20-18(17-8-29-31(3)12-17)9-26-23(20)28-13-27-22/h4-6,8-9,12-15,30H,7,10-11H2,1-3H3,(H2,25,26,27,28)/t14-,15+. The molecule has 1 aliphatic heterocycles. The summed E-state index contributed by atoms with van der Waals surface area (Å²) in [5, 5.41) is 11.9. The molecule has 4 heterocycles. The Bertz CT molecular complexity index is 1240. The molecular weight excluding hydrogens is 407 g/mol. The Labute approximate surface area is 185 Å². The van der Waals surface area contributed by atoms with Crippen LogP contribution in [-0.4, -0.2) is 49.9 Å². The summed E-state index contributed by atoms with van der Waals surface area (Å²) >= 11 is 0. The number of hydrogen-bond donors (Lipinski definition) is 3. The van der Waals surface area contributed by atoms with Gasteiger partial charge in [-0.3, -0.25) is 4.68 Å². The summed E-state index contributed by atoms with van der Waals surface area (Å²) in [5.41, 5.74) is 3.89. The summed E-state index contributed by atoms with van der Waals surface area (Å²) in [7, 11) is 1.88. The molecule has 0 aliphatic carbocycles. The number of benzene rings is 1. The van der Waals surface area contributed by atoms with E-state index < -0.39 is 0 Å². The average Bonchev–Trinajstić information content (AvgIpc) is 3.38. The van der Waals surface area contributed by atoms with E-state index in [4.69, 9.17) is 0 Å². The van der Waals surface area contributed by atoms with Gasteiger partial charge in [-0.05, 0) is 19.9 Å². The smallest absolute Gasteiger partial charge is 0.151 e. The third-order valence-corrected chi connectivity index (χ3v) is 5.89. The molecular formula is C23H27FN8. The molecule has 0 bridgehead atoms.